The molecule has 0 bridgehead atoms. The third kappa shape index (κ3) is 5.19. The van der Waals surface area contributed by atoms with E-state index in [0.717, 1.165) is 0 Å². The monoisotopic (exact) mass is 353 g/mol. The Hall–Kier alpha value is -3.11. The fourth-order valence-corrected chi connectivity index (χ4v) is 2.06. The molecule has 0 saturated carbocycles. The van der Waals surface area contributed by atoms with E-state index < -0.39 is 12.3 Å². The number of carbonyl (C=O) groups is 2. The molecule has 0 spiro atoms. The Bertz CT molecular complexity index is 714. The quantitative estimate of drug-likeness (QED) is 0.716. The Morgan fingerprint density at radius 2 is 1.80 bits per heavy atom. The van der Waals surface area contributed by atoms with Gasteiger partial charge in [-0.2, -0.15) is 4.98 Å². The van der Waals surface area contributed by atoms with Crippen LogP contribution in [0, 0.1) is 5.92 Å². The molecule has 136 valence electrons. The number of hydrogen-bond acceptors (Lipinski definition) is 10. The van der Waals surface area contributed by atoms with Crippen LogP contribution < -0.4 is 5.73 Å². The molecule has 2 aromatic rings. The van der Waals surface area contributed by atoms with Gasteiger partial charge in [-0.15, -0.1) is 0 Å². The highest BCUT2D eigenvalue weighted by atomic mass is 16.7. The standard InChI is InChI=1S/C14H19N5O6/c1-22-13(20)24-6-9(7-25-14(21)23-2)3-4-19-8-17-10-5-16-12(15)18-11(10)19/h5,8-9H,3-4,6-7H2,1-2H3,(H2,15,16,18). The molecular formula is C14H19N5O6. The second-order valence-corrected chi connectivity index (χ2v) is 5.06. The van der Waals surface area contributed by atoms with E-state index in [1.165, 1.54) is 20.4 Å². The maximum atomic E-state index is 11.1. The summed E-state index contributed by atoms with van der Waals surface area (Å²) in [5.41, 5.74) is 6.80. The molecule has 0 aromatic carbocycles. The van der Waals surface area contributed by atoms with Crippen LogP contribution in [0.3, 0.4) is 0 Å². The van der Waals surface area contributed by atoms with Crippen LogP contribution in [-0.2, 0) is 25.5 Å². The van der Waals surface area contributed by atoms with Crippen LogP contribution in [0.4, 0.5) is 15.5 Å². The molecule has 0 saturated heterocycles. The number of imidazole rings is 1. The van der Waals surface area contributed by atoms with Crippen molar-refractivity contribution < 1.29 is 28.5 Å². The van der Waals surface area contributed by atoms with Crippen LogP contribution in [0.5, 0.6) is 0 Å². The van der Waals surface area contributed by atoms with Gasteiger partial charge in [0.05, 0.1) is 26.7 Å². The van der Waals surface area contributed by atoms with Gasteiger partial charge >= 0.3 is 12.3 Å². The first-order valence-corrected chi connectivity index (χ1v) is 7.38. The van der Waals surface area contributed by atoms with Crippen LogP contribution in [0.15, 0.2) is 12.5 Å². The van der Waals surface area contributed by atoms with Crippen LogP contribution >= 0.6 is 0 Å². The van der Waals surface area contributed by atoms with Crippen LogP contribution in [-0.4, -0.2) is 59.3 Å². The number of rotatable bonds is 7. The van der Waals surface area contributed by atoms with E-state index in [0.29, 0.717) is 24.1 Å². The zero-order valence-corrected chi connectivity index (χ0v) is 13.9. The van der Waals surface area contributed by atoms with Gasteiger partial charge in [-0.1, -0.05) is 0 Å². The molecule has 2 rings (SSSR count). The lowest BCUT2D eigenvalue weighted by atomic mass is 10.1. The number of nitrogens with zero attached hydrogens (tertiary/aromatic N) is 4. The third-order valence-corrected chi connectivity index (χ3v) is 3.36. The number of aryl methyl sites for hydroxylation is 1. The SMILES string of the molecule is COC(=O)OCC(CCn1cnc2cnc(N)nc21)COC(=O)OC. The van der Waals surface area contributed by atoms with Crippen molar-refractivity contribution in [2.75, 3.05) is 33.2 Å². The smallest absolute Gasteiger partial charge is 0.438 e. The second kappa shape index (κ2) is 8.66. The molecule has 0 fully saturated rings. The van der Waals surface area contributed by atoms with E-state index in [4.69, 9.17) is 15.2 Å². The minimum absolute atomic E-state index is 0.0213. The molecule has 0 aliphatic carbocycles. The predicted molar refractivity (Wildman–Crippen MR) is 84.6 cm³/mol. The first-order chi connectivity index (χ1) is 12.0. The van der Waals surface area contributed by atoms with Crippen molar-refractivity contribution in [3.8, 4) is 0 Å². The molecule has 11 heteroatoms. The maximum Gasteiger partial charge on any atom is 0.507 e. The lowest BCUT2D eigenvalue weighted by Gasteiger charge is -2.16. The van der Waals surface area contributed by atoms with Gasteiger partial charge in [-0.25, -0.2) is 19.6 Å². The van der Waals surface area contributed by atoms with E-state index in [-0.39, 0.29) is 25.1 Å². The van der Waals surface area contributed by atoms with Gasteiger partial charge in [0.2, 0.25) is 5.95 Å². The first-order valence-electron chi connectivity index (χ1n) is 7.38. The topological polar surface area (TPSA) is 141 Å². The van der Waals surface area contributed by atoms with Crippen molar-refractivity contribution in [2.45, 2.75) is 13.0 Å². The van der Waals surface area contributed by atoms with Crippen molar-refractivity contribution in [3.05, 3.63) is 12.5 Å². The molecule has 2 N–H and O–H groups in total. The highest BCUT2D eigenvalue weighted by Gasteiger charge is 2.16. The number of aromatic nitrogens is 4. The van der Waals surface area contributed by atoms with Gasteiger partial charge in [0.25, 0.3) is 0 Å². The Kier molecular flexibility index (Phi) is 6.32. The summed E-state index contributed by atoms with van der Waals surface area (Å²) in [6.07, 6.45) is 2.04. The van der Waals surface area contributed by atoms with Crippen molar-refractivity contribution in [1.29, 1.82) is 0 Å². The number of nitrogens with two attached hydrogens (primary N) is 1. The van der Waals surface area contributed by atoms with Crippen molar-refractivity contribution in [1.82, 2.24) is 19.5 Å². The lowest BCUT2D eigenvalue weighted by Crippen LogP contribution is -2.22. The molecule has 25 heavy (non-hydrogen) atoms. The highest BCUT2D eigenvalue weighted by Crippen LogP contribution is 2.14. The zero-order valence-electron chi connectivity index (χ0n) is 13.9. The molecular weight excluding hydrogens is 334 g/mol. The fraction of sp³-hybridized carbons (Fsp3) is 0.500. The molecule has 0 unspecified atom stereocenters. The first kappa shape index (κ1) is 18.2. The highest BCUT2D eigenvalue weighted by molar-refractivity contribution is 5.70. The van der Waals surface area contributed by atoms with E-state index in [2.05, 4.69) is 24.4 Å². The van der Waals surface area contributed by atoms with E-state index in [1.54, 1.807) is 10.9 Å². The van der Waals surface area contributed by atoms with Crippen LogP contribution in [0.1, 0.15) is 6.42 Å². The summed E-state index contributed by atoms with van der Waals surface area (Å²) in [6.45, 7) is 0.535. The van der Waals surface area contributed by atoms with Gasteiger partial charge in [0, 0.05) is 12.5 Å². The van der Waals surface area contributed by atoms with Crippen molar-refractivity contribution in [3.63, 3.8) is 0 Å². The van der Waals surface area contributed by atoms with Crippen molar-refractivity contribution >= 4 is 29.4 Å². The minimum Gasteiger partial charge on any atom is -0.438 e. The average molecular weight is 353 g/mol. The Labute approximate surface area is 143 Å². The molecule has 0 aliphatic rings. The third-order valence-electron chi connectivity index (χ3n) is 3.36. The summed E-state index contributed by atoms with van der Waals surface area (Å²) in [5, 5.41) is 0. The maximum absolute atomic E-state index is 11.1. The fourth-order valence-electron chi connectivity index (χ4n) is 2.06. The largest absolute Gasteiger partial charge is 0.507 e. The average Bonchev–Trinajstić information content (AvgIpc) is 3.02. The number of carbonyl (C=O) groups excluding carboxylic acids is 2. The number of anilines is 1. The molecule has 0 aliphatic heterocycles. The summed E-state index contributed by atoms with van der Waals surface area (Å²) in [5.74, 6) is -0.122. The van der Waals surface area contributed by atoms with Crippen LogP contribution in [0.25, 0.3) is 11.2 Å². The normalized spacial score (nSPS) is 10.7. The number of fused-ring (bicyclic) bond motifs is 1. The molecule has 0 atom stereocenters. The summed E-state index contributed by atoms with van der Waals surface area (Å²) in [7, 11) is 2.42. The van der Waals surface area contributed by atoms with Gasteiger partial charge in [-0.3, -0.25) is 0 Å². The number of ether oxygens (including phenoxy) is 4. The summed E-state index contributed by atoms with van der Waals surface area (Å²) < 4.78 is 20.5. The van der Waals surface area contributed by atoms with Gasteiger partial charge in [0.15, 0.2) is 5.65 Å². The van der Waals surface area contributed by atoms with E-state index >= 15 is 0 Å². The van der Waals surface area contributed by atoms with E-state index in [1.807, 2.05) is 0 Å². The molecule has 0 radical (unpaired) electrons. The minimum atomic E-state index is -0.809. The Morgan fingerprint density at radius 3 is 2.40 bits per heavy atom. The number of methoxy groups -OCH3 is 2. The molecule has 2 heterocycles. The van der Waals surface area contributed by atoms with Gasteiger partial charge in [-0.05, 0) is 6.42 Å². The predicted octanol–water partition coefficient (Wildman–Crippen LogP) is 0.981. The molecule has 2 aromatic heterocycles. The Balaban J connectivity index is 1.99. The zero-order chi connectivity index (χ0) is 18.2. The summed E-state index contributed by atoms with van der Waals surface area (Å²) in [6, 6.07) is 0. The number of nitrogen functional groups attached to an aromatic ring is 1. The second-order valence-electron chi connectivity index (χ2n) is 5.06. The van der Waals surface area contributed by atoms with Gasteiger partial charge in [0.1, 0.15) is 18.7 Å². The summed E-state index contributed by atoms with van der Waals surface area (Å²) >= 11 is 0. The Morgan fingerprint density at radius 1 is 1.16 bits per heavy atom. The van der Waals surface area contributed by atoms with Crippen molar-refractivity contribution in [2.24, 2.45) is 5.92 Å². The molecule has 0 amide bonds. The number of hydrogen-bond donors (Lipinski definition) is 1. The lowest BCUT2D eigenvalue weighted by molar-refractivity contribution is 0.0271. The van der Waals surface area contributed by atoms with Gasteiger partial charge < -0.3 is 29.2 Å². The summed E-state index contributed by atoms with van der Waals surface area (Å²) in [4.78, 5) is 34.5. The molecule has 11 nitrogen and oxygen atoms in total. The van der Waals surface area contributed by atoms with E-state index in [9.17, 15) is 9.59 Å². The van der Waals surface area contributed by atoms with Crippen LogP contribution in [0.2, 0.25) is 0 Å².